The number of rotatable bonds is 8. The number of nitrogens with one attached hydrogen (secondary N) is 2. The molecule has 2 heterocycles. The second-order valence-electron chi connectivity index (χ2n) is 7.78. The zero-order valence-electron chi connectivity index (χ0n) is 18.7. The summed E-state index contributed by atoms with van der Waals surface area (Å²) in [6.45, 7) is 1.81. The van der Waals surface area contributed by atoms with Crippen LogP contribution < -0.4 is 9.46 Å². The van der Waals surface area contributed by atoms with Crippen LogP contribution in [0.2, 0.25) is 0 Å². The van der Waals surface area contributed by atoms with Crippen molar-refractivity contribution in [3.63, 3.8) is 0 Å². The molecule has 4 rings (SSSR count). The number of ketones is 1. The molecule has 2 aromatic carbocycles. The molecule has 0 aliphatic heterocycles. The smallest absolute Gasteiger partial charge is 0.201 e. The average Bonchev–Trinajstić information content (AvgIpc) is 3.24. The number of methoxy groups -OCH3 is 1. The van der Waals surface area contributed by atoms with Gasteiger partial charge < -0.3 is 14.4 Å². The Balaban J connectivity index is 1.76. The quantitative estimate of drug-likeness (QED) is 0.267. The van der Waals surface area contributed by atoms with Crippen molar-refractivity contribution >= 4 is 38.1 Å². The van der Waals surface area contributed by atoms with Crippen molar-refractivity contribution in [2.75, 3.05) is 17.6 Å². The number of ether oxygens (including phenoxy) is 1. The van der Waals surface area contributed by atoms with E-state index in [0.29, 0.717) is 23.2 Å². The number of pyridine rings is 1. The van der Waals surface area contributed by atoms with Gasteiger partial charge in [-0.3, -0.25) is 4.79 Å². The molecule has 1 unspecified atom stereocenters. The zero-order chi connectivity index (χ0) is 24.5. The molecule has 0 spiro atoms. The Kier molecular flexibility index (Phi) is 6.39. The standard InChI is InChI=1S/C25H23F2N3O3S/c1-4-11-34(3,32)30-21-10-9-20(26)22(23(21)27)24(31)19-14-29-25-18(19)12-16(13-28-25)15-5-7-17(33-2)8-6-15/h5-10,12-14H,3-4,11H2,1-2H3,(H,28,29)(H,30,32). The number of carbonyl (C=O) groups excluding carboxylic acids is 1. The Bertz CT molecular complexity index is 1480. The summed E-state index contributed by atoms with van der Waals surface area (Å²) in [6.07, 6.45) is 3.57. The Morgan fingerprint density at radius 2 is 1.91 bits per heavy atom. The van der Waals surface area contributed by atoms with Crippen molar-refractivity contribution in [3.05, 3.63) is 77.6 Å². The van der Waals surface area contributed by atoms with E-state index in [1.54, 1.807) is 31.5 Å². The molecular weight excluding hydrogens is 460 g/mol. The first-order chi connectivity index (χ1) is 16.2. The van der Waals surface area contributed by atoms with Crippen LogP contribution in [-0.2, 0) is 9.71 Å². The van der Waals surface area contributed by atoms with Crippen molar-refractivity contribution in [2.24, 2.45) is 0 Å². The van der Waals surface area contributed by atoms with Crippen LogP contribution in [0.4, 0.5) is 14.5 Å². The predicted octanol–water partition coefficient (Wildman–Crippen LogP) is 5.20. The third kappa shape index (κ3) is 4.51. The number of halogens is 2. The van der Waals surface area contributed by atoms with Crippen molar-refractivity contribution in [3.8, 4) is 16.9 Å². The minimum atomic E-state index is -2.84. The van der Waals surface area contributed by atoms with Crippen LogP contribution in [0.1, 0.15) is 29.3 Å². The predicted molar refractivity (Wildman–Crippen MR) is 132 cm³/mol. The molecule has 34 heavy (non-hydrogen) atoms. The average molecular weight is 484 g/mol. The van der Waals surface area contributed by atoms with Gasteiger partial charge in [0, 0.05) is 44.4 Å². The van der Waals surface area contributed by atoms with Crippen molar-refractivity contribution in [1.82, 2.24) is 9.97 Å². The molecule has 2 aromatic heterocycles. The van der Waals surface area contributed by atoms with Crippen molar-refractivity contribution in [2.45, 2.75) is 13.3 Å². The molecule has 6 nitrogen and oxygen atoms in total. The van der Waals surface area contributed by atoms with Crippen LogP contribution in [-0.4, -0.2) is 38.7 Å². The van der Waals surface area contributed by atoms with Gasteiger partial charge in [0.25, 0.3) is 0 Å². The maximum atomic E-state index is 15.2. The molecule has 0 aliphatic rings. The van der Waals surface area contributed by atoms with Crippen LogP contribution >= 0.6 is 0 Å². The van der Waals surface area contributed by atoms with Gasteiger partial charge in [0.15, 0.2) is 5.82 Å². The van der Waals surface area contributed by atoms with E-state index in [0.717, 1.165) is 23.3 Å². The van der Waals surface area contributed by atoms with E-state index in [9.17, 15) is 13.4 Å². The number of fused-ring (bicyclic) bond motifs is 1. The highest BCUT2D eigenvalue weighted by molar-refractivity contribution is 8.01. The molecule has 0 saturated carbocycles. The fraction of sp³-hybridized carbons (Fsp3) is 0.160. The summed E-state index contributed by atoms with van der Waals surface area (Å²) in [5.41, 5.74) is 1.04. The lowest BCUT2D eigenvalue weighted by Crippen LogP contribution is -2.18. The Labute approximate surface area is 196 Å². The van der Waals surface area contributed by atoms with E-state index in [-0.39, 0.29) is 17.0 Å². The summed E-state index contributed by atoms with van der Waals surface area (Å²) in [7, 11) is -1.27. The summed E-state index contributed by atoms with van der Waals surface area (Å²) in [6, 6.07) is 11.1. The number of hydrogen-bond acceptors (Lipinski definition) is 4. The number of H-pyrrole nitrogens is 1. The fourth-order valence-corrected chi connectivity index (χ4v) is 5.01. The number of aromatic amines is 1. The topological polar surface area (TPSA) is 84.1 Å². The fourth-order valence-electron chi connectivity index (χ4n) is 3.69. The molecule has 176 valence electrons. The Morgan fingerprint density at radius 1 is 1.18 bits per heavy atom. The maximum Gasteiger partial charge on any atom is 0.201 e. The van der Waals surface area contributed by atoms with E-state index in [1.165, 1.54) is 6.20 Å². The van der Waals surface area contributed by atoms with E-state index < -0.39 is 32.7 Å². The number of aromatic nitrogens is 2. The molecule has 0 saturated heterocycles. The van der Waals surface area contributed by atoms with Gasteiger partial charge in [0.2, 0.25) is 5.78 Å². The Morgan fingerprint density at radius 3 is 2.59 bits per heavy atom. The largest absolute Gasteiger partial charge is 0.497 e. The highest BCUT2D eigenvalue weighted by atomic mass is 32.2. The molecule has 0 radical (unpaired) electrons. The molecule has 0 fully saturated rings. The SMILES string of the molecule is C=S(=O)(CCC)Nc1ccc(F)c(C(=O)c2c[nH]c3ncc(-c4ccc(OC)cc4)cc23)c1F. The van der Waals surface area contributed by atoms with Gasteiger partial charge in [-0.25, -0.2) is 18.0 Å². The molecule has 0 bridgehead atoms. The summed E-state index contributed by atoms with van der Waals surface area (Å²) in [4.78, 5) is 20.5. The maximum absolute atomic E-state index is 15.2. The highest BCUT2D eigenvalue weighted by Crippen LogP contribution is 2.30. The lowest BCUT2D eigenvalue weighted by atomic mass is 10.00. The van der Waals surface area contributed by atoms with Crippen molar-refractivity contribution < 1.29 is 22.5 Å². The molecular formula is C25H23F2N3O3S. The summed E-state index contributed by atoms with van der Waals surface area (Å²) in [5, 5.41) is 0.419. The first-order valence-corrected chi connectivity index (χ1v) is 12.4. The van der Waals surface area contributed by atoms with Crippen LogP contribution in [0.25, 0.3) is 22.2 Å². The third-order valence-electron chi connectivity index (χ3n) is 5.35. The van der Waals surface area contributed by atoms with Gasteiger partial charge >= 0.3 is 0 Å². The number of nitrogens with zero attached hydrogens (tertiary/aromatic N) is 1. The monoisotopic (exact) mass is 483 g/mol. The normalized spacial score (nSPS) is 12.9. The van der Waals surface area contributed by atoms with E-state index in [4.69, 9.17) is 4.74 Å². The second kappa shape index (κ2) is 9.26. The molecule has 0 aliphatic carbocycles. The van der Waals surface area contributed by atoms with Crippen molar-refractivity contribution in [1.29, 1.82) is 0 Å². The third-order valence-corrected chi connectivity index (χ3v) is 7.01. The van der Waals surface area contributed by atoms with Gasteiger partial charge in [-0.15, -0.1) is 0 Å². The van der Waals surface area contributed by atoms with Crippen LogP contribution in [0, 0.1) is 11.6 Å². The lowest BCUT2D eigenvalue weighted by molar-refractivity contribution is 0.103. The van der Waals surface area contributed by atoms with E-state index in [2.05, 4.69) is 20.6 Å². The zero-order valence-corrected chi connectivity index (χ0v) is 19.5. The second-order valence-corrected chi connectivity index (χ2v) is 10.0. The molecule has 4 aromatic rings. The number of benzene rings is 2. The van der Waals surface area contributed by atoms with Gasteiger partial charge in [-0.1, -0.05) is 19.1 Å². The lowest BCUT2D eigenvalue weighted by Gasteiger charge is -2.14. The van der Waals surface area contributed by atoms with Crippen LogP contribution in [0.5, 0.6) is 5.75 Å². The first kappa shape index (κ1) is 23.4. The van der Waals surface area contributed by atoms with Gasteiger partial charge in [-0.2, -0.15) is 0 Å². The minimum absolute atomic E-state index is 0.0664. The number of hydrogen-bond donors (Lipinski definition) is 2. The van der Waals surface area contributed by atoms with E-state index in [1.807, 2.05) is 19.1 Å². The minimum Gasteiger partial charge on any atom is -0.497 e. The highest BCUT2D eigenvalue weighted by Gasteiger charge is 2.25. The number of carbonyl (C=O) groups is 1. The molecule has 9 heteroatoms. The summed E-state index contributed by atoms with van der Waals surface area (Å²) in [5.74, 6) is 1.48. The number of anilines is 1. The molecule has 2 N–H and O–H groups in total. The summed E-state index contributed by atoms with van der Waals surface area (Å²) >= 11 is 0. The first-order valence-electron chi connectivity index (χ1n) is 10.5. The van der Waals surface area contributed by atoms with Gasteiger partial charge in [0.05, 0.1) is 18.4 Å². The van der Waals surface area contributed by atoms with Crippen LogP contribution in [0.15, 0.2) is 54.9 Å². The van der Waals surface area contributed by atoms with Crippen LogP contribution in [0.3, 0.4) is 0 Å². The summed E-state index contributed by atoms with van der Waals surface area (Å²) < 4.78 is 50.1. The van der Waals surface area contributed by atoms with Gasteiger partial charge in [-0.05, 0) is 48.2 Å². The van der Waals surface area contributed by atoms with E-state index >= 15 is 4.39 Å². The van der Waals surface area contributed by atoms with Gasteiger partial charge in [0.1, 0.15) is 17.2 Å². The Hall–Kier alpha value is -3.72. The molecule has 0 amide bonds. The molecule has 1 atom stereocenters.